The molecule has 0 spiro atoms. The highest BCUT2D eigenvalue weighted by Gasteiger charge is 2.08. The van der Waals surface area contributed by atoms with Gasteiger partial charge in [-0.1, -0.05) is 57.0 Å². The van der Waals surface area contributed by atoms with E-state index >= 15 is 0 Å². The molecule has 0 bridgehead atoms. The van der Waals surface area contributed by atoms with Gasteiger partial charge in [0.15, 0.2) is 0 Å². The first-order valence-corrected chi connectivity index (χ1v) is 8.28. The van der Waals surface area contributed by atoms with Crippen LogP contribution in [0, 0.1) is 0 Å². The van der Waals surface area contributed by atoms with Gasteiger partial charge in [0, 0.05) is 11.4 Å². The Labute approximate surface area is 129 Å². The highest BCUT2D eigenvalue weighted by molar-refractivity contribution is 5.64. The van der Waals surface area contributed by atoms with Gasteiger partial charge in [0.05, 0.1) is 0 Å². The third-order valence-corrected chi connectivity index (χ3v) is 3.91. The minimum atomic E-state index is 1.17. The van der Waals surface area contributed by atoms with Gasteiger partial charge in [-0.3, -0.25) is 0 Å². The van der Waals surface area contributed by atoms with Gasteiger partial charge in [-0.25, -0.2) is 0 Å². The van der Waals surface area contributed by atoms with Gasteiger partial charge in [-0.2, -0.15) is 0 Å². The molecule has 0 fully saturated rings. The summed E-state index contributed by atoms with van der Waals surface area (Å²) in [5.41, 5.74) is 5.48. The van der Waals surface area contributed by atoms with Crippen LogP contribution in [0.5, 0.6) is 0 Å². The average Bonchev–Trinajstić information content (AvgIpc) is 2.53. The van der Waals surface area contributed by atoms with E-state index in [0.717, 1.165) is 0 Å². The number of unbranched alkanes of at least 4 members (excludes halogenated alkanes) is 2. The second-order valence-corrected chi connectivity index (χ2v) is 5.64. The van der Waals surface area contributed by atoms with E-state index in [9.17, 15) is 0 Å². The second kappa shape index (κ2) is 8.51. The molecule has 0 saturated carbocycles. The molecule has 112 valence electrons. The highest BCUT2D eigenvalue weighted by atomic mass is 14.9. The number of hydrogen-bond acceptors (Lipinski definition) is 1. The largest absolute Gasteiger partial charge is 0.355 e. The van der Waals surface area contributed by atoms with Gasteiger partial charge in [0.1, 0.15) is 0 Å². The Kier molecular flexibility index (Phi) is 6.33. The molecule has 0 aliphatic carbocycles. The minimum Gasteiger partial charge on any atom is -0.355 e. The van der Waals surface area contributed by atoms with Crippen LogP contribution in [0.3, 0.4) is 0 Å². The fourth-order valence-electron chi connectivity index (χ4n) is 2.68. The molecule has 2 rings (SSSR count). The molecule has 1 heteroatoms. The van der Waals surface area contributed by atoms with Crippen LogP contribution in [0.2, 0.25) is 0 Å². The van der Waals surface area contributed by atoms with Gasteiger partial charge in [0.25, 0.3) is 0 Å². The van der Waals surface area contributed by atoms with E-state index in [0.29, 0.717) is 0 Å². The number of anilines is 2. The van der Waals surface area contributed by atoms with E-state index in [1.807, 2.05) is 0 Å². The first-order chi connectivity index (χ1) is 10.3. The van der Waals surface area contributed by atoms with Crippen molar-refractivity contribution in [2.24, 2.45) is 0 Å². The van der Waals surface area contributed by atoms with Gasteiger partial charge in [-0.05, 0) is 55.0 Å². The summed E-state index contributed by atoms with van der Waals surface area (Å²) in [4.78, 5) is 0. The molecule has 2 aromatic rings. The Morgan fingerprint density at radius 3 is 2.19 bits per heavy atom. The molecular weight excluding hydrogens is 254 g/mol. The Morgan fingerprint density at radius 2 is 1.48 bits per heavy atom. The molecule has 0 unspecified atom stereocenters. The smallest absolute Gasteiger partial charge is 0.0419 e. The first kappa shape index (κ1) is 15.6. The highest BCUT2D eigenvalue weighted by Crippen LogP contribution is 2.26. The summed E-state index contributed by atoms with van der Waals surface area (Å²) in [5, 5.41) is 3.60. The number of hydrogen-bond donors (Lipinski definition) is 1. The first-order valence-electron chi connectivity index (χ1n) is 8.28. The van der Waals surface area contributed by atoms with Crippen molar-refractivity contribution in [3.8, 4) is 0 Å². The maximum absolute atomic E-state index is 3.60. The van der Waals surface area contributed by atoms with Crippen LogP contribution in [-0.2, 0) is 12.8 Å². The van der Waals surface area contributed by atoms with E-state index in [2.05, 4.69) is 67.7 Å². The van der Waals surface area contributed by atoms with Crippen LogP contribution in [0.4, 0.5) is 11.4 Å². The van der Waals surface area contributed by atoms with E-state index in [1.165, 1.54) is 61.0 Å². The maximum Gasteiger partial charge on any atom is 0.0419 e. The molecule has 0 heterocycles. The summed E-state index contributed by atoms with van der Waals surface area (Å²) >= 11 is 0. The molecule has 21 heavy (non-hydrogen) atoms. The summed E-state index contributed by atoms with van der Waals surface area (Å²) in [5.74, 6) is 0. The molecular formula is C20H27N. The molecule has 0 saturated heterocycles. The van der Waals surface area contributed by atoms with Crippen molar-refractivity contribution in [2.75, 3.05) is 5.32 Å². The average molecular weight is 281 g/mol. The molecule has 1 nitrogen and oxygen atoms in total. The Bertz CT molecular complexity index is 531. The zero-order valence-electron chi connectivity index (χ0n) is 13.4. The predicted octanol–water partition coefficient (Wildman–Crippen LogP) is 6.12. The van der Waals surface area contributed by atoms with Crippen molar-refractivity contribution in [3.63, 3.8) is 0 Å². The van der Waals surface area contributed by atoms with E-state index in [4.69, 9.17) is 0 Å². The van der Waals surface area contributed by atoms with E-state index in [1.54, 1.807) is 0 Å². The predicted molar refractivity (Wildman–Crippen MR) is 93.4 cm³/mol. The topological polar surface area (TPSA) is 12.0 Å². The van der Waals surface area contributed by atoms with Crippen LogP contribution in [0.1, 0.15) is 50.7 Å². The lowest BCUT2D eigenvalue weighted by molar-refractivity contribution is 0.759. The lowest BCUT2D eigenvalue weighted by atomic mass is 9.96. The Hall–Kier alpha value is -1.76. The van der Waals surface area contributed by atoms with Crippen molar-refractivity contribution in [3.05, 3.63) is 59.7 Å². The fourth-order valence-corrected chi connectivity index (χ4v) is 2.68. The number of para-hydroxylation sites is 1. The molecule has 0 aromatic heterocycles. The zero-order valence-corrected chi connectivity index (χ0v) is 13.4. The Balaban J connectivity index is 2.25. The molecule has 0 atom stereocenters. The maximum atomic E-state index is 3.60. The SMILES string of the molecule is CCCCc1cccc(Nc2ccccc2)c1CCCC. The van der Waals surface area contributed by atoms with Crippen molar-refractivity contribution < 1.29 is 0 Å². The van der Waals surface area contributed by atoms with E-state index in [-0.39, 0.29) is 0 Å². The summed E-state index contributed by atoms with van der Waals surface area (Å²) < 4.78 is 0. The van der Waals surface area contributed by atoms with Gasteiger partial charge < -0.3 is 5.32 Å². The van der Waals surface area contributed by atoms with E-state index < -0.39 is 0 Å². The van der Waals surface area contributed by atoms with Crippen molar-refractivity contribution in [1.82, 2.24) is 0 Å². The van der Waals surface area contributed by atoms with Gasteiger partial charge in [-0.15, -0.1) is 0 Å². The van der Waals surface area contributed by atoms with Crippen LogP contribution < -0.4 is 5.32 Å². The second-order valence-electron chi connectivity index (χ2n) is 5.64. The molecule has 0 aliphatic rings. The summed E-state index contributed by atoms with van der Waals surface area (Å²) in [6.07, 6.45) is 7.39. The number of nitrogens with one attached hydrogen (secondary N) is 1. The number of benzene rings is 2. The third kappa shape index (κ3) is 4.63. The quantitative estimate of drug-likeness (QED) is 0.615. The van der Waals surface area contributed by atoms with Crippen LogP contribution in [0.15, 0.2) is 48.5 Å². The van der Waals surface area contributed by atoms with Crippen LogP contribution in [-0.4, -0.2) is 0 Å². The van der Waals surface area contributed by atoms with Crippen molar-refractivity contribution in [1.29, 1.82) is 0 Å². The molecule has 0 amide bonds. The standard InChI is InChI=1S/C20H27N/c1-3-5-11-17-12-10-16-20(19(17)15-6-4-2)21-18-13-8-7-9-14-18/h7-10,12-14,16,21H,3-6,11,15H2,1-2H3. The summed E-state index contributed by atoms with van der Waals surface area (Å²) in [6.45, 7) is 4.52. The fraction of sp³-hybridized carbons (Fsp3) is 0.400. The number of rotatable bonds is 8. The lowest BCUT2D eigenvalue weighted by Gasteiger charge is -2.16. The third-order valence-electron chi connectivity index (χ3n) is 3.91. The van der Waals surface area contributed by atoms with Crippen LogP contribution in [0.25, 0.3) is 0 Å². The molecule has 0 aliphatic heterocycles. The summed E-state index contributed by atoms with van der Waals surface area (Å²) in [6, 6.07) is 17.2. The normalized spacial score (nSPS) is 10.6. The molecule has 2 aromatic carbocycles. The van der Waals surface area contributed by atoms with Gasteiger partial charge in [0.2, 0.25) is 0 Å². The minimum absolute atomic E-state index is 1.17. The van der Waals surface area contributed by atoms with Crippen molar-refractivity contribution >= 4 is 11.4 Å². The lowest BCUT2D eigenvalue weighted by Crippen LogP contribution is -2.01. The molecule has 0 radical (unpaired) electrons. The van der Waals surface area contributed by atoms with Gasteiger partial charge >= 0.3 is 0 Å². The Morgan fingerprint density at radius 1 is 0.762 bits per heavy atom. The zero-order chi connectivity index (χ0) is 14.9. The monoisotopic (exact) mass is 281 g/mol. The summed E-state index contributed by atoms with van der Waals surface area (Å²) in [7, 11) is 0. The molecule has 1 N–H and O–H groups in total. The van der Waals surface area contributed by atoms with Crippen molar-refractivity contribution in [2.45, 2.75) is 52.4 Å². The number of aryl methyl sites for hydroxylation is 1. The van der Waals surface area contributed by atoms with Crippen LogP contribution >= 0.6 is 0 Å².